The Hall–Kier alpha value is -4.77. The monoisotopic (exact) mass is 586 g/mol. The predicted molar refractivity (Wildman–Crippen MR) is 142 cm³/mol. The van der Waals surface area contributed by atoms with Crippen LogP contribution in [-0.2, 0) is 4.79 Å². The zero-order valence-electron chi connectivity index (χ0n) is 20.9. The van der Waals surface area contributed by atoms with Crippen molar-refractivity contribution in [3.63, 3.8) is 0 Å². The van der Waals surface area contributed by atoms with Crippen LogP contribution >= 0.6 is 11.6 Å². The quantitative estimate of drug-likeness (QED) is 0.319. The van der Waals surface area contributed by atoms with E-state index in [1.54, 1.807) is 6.07 Å². The van der Waals surface area contributed by atoms with Gasteiger partial charge in [0.05, 0.1) is 27.7 Å². The molecule has 15 heteroatoms. The molecule has 1 saturated heterocycles. The Bertz CT molecular complexity index is 1790. The van der Waals surface area contributed by atoms with E-state index in [1.807, 2.05) is 6.07 Å². The fourth-order valence-corrected chi connectivity index (χ4v) is 5.32. The number of anilines is 3. The van der Waals surface area contributed by atoms with Gasteiger partial charge in [-0.3, -0.25) is 14.2 Å². The maximum Gasteiger partial charge on any atom is 0.295 e. The summed E-state index contributed by atoms with van der Waals surface area (Å²) in [5.41, 5.74) is 10.7. The highest BCUT2D eigenvalue weighted by Crippen LogP contribution is 2.42. The lowest BCUT2D eigenvalue weighted by molar-refractivity contribution is -0.130. The van der Waals surface area contributed by atoms with Gasteiger partial charge in [0.25, 0.3) is 12.0 Å². The van der Waals surface area contributed by atoms with E-state index in [4.69, 9.17) is 23.1 Å². The van der Waals surface area contributed by atoms with Crippen molar-refractivity contribution < 1.29 is 22.4 Å². The number of rotatable bonds is 6. The van der Waals surface area contributed by atoms with Crippen molar-refractivity contribution in [1.82, 2.24) is 19.5 Å². The number of halogens is 5. The summed E-state index contributed by atoms with van der Waals surface area (Å²) in [5.74, 6) is -4.73. The lowest BCUT2D eigenvalue weighted by Crippen LogP contribution is -2.33. The van der Waals surface area contributed by atoms with Crippen LogP contribution in [0.15, 0.2) is 41.2 Å². The van der Waals surface area contributed by atoms with Crippen molar-refractivity contribution in [1.29, 1.82) is 5.26 Å². The van der Waals surface area contributed by atoms with Crippen LogP contribution in [-0.4, -0.2) is 38.3 Å². The standard InChI is InChI=1S/C26H19ClF4N8O2/c27-16-2-1-3-17-20(16)25(41)39(14-7-12(28)6-13(29)8-14)24(35-17)18-4-11(5-19(40)21(30)31)10-38(18)23-15(9-32)22(33)36-26(34)37-23/h1-3,6-8,11,18,21H,4-5,10H2,(H4,33,34,36,37)/t11-,18-/m0/s1. The first-order valence-electron chi connectivity index (χ1n) is 12.1. The molecule has 1 aliphatic rings. The number of nitrogen functional groups attached to an aromatic ring is 2. The number of fused-ring (bicyclic) bond motifs is 1. The highest BCUT2D eigenvalue weighted by atomic mass is 35.5. The number of nitrogens with zero attached hydrogens (tertiary/aromatic N) is 6. The van der Waals surface area contributed by atoms with Gasteiger partial charge in [-0.2, -0.15) is 15.2 Å². The maximum atomic E-state index is 14.4. The van der Waals surface area contributed by atoms with Crippen LogP contribution in [0.4, 0.5) is 35.1 Å². The molecule has 4 N–H and O–H groups in total. The van der Waals surface area contributed by atoms with Gasteiger partial charge in [0, 0.05) is 19.0 Å². The summed E-state index contributed by atoms with van der Waals surface area (Å²) >= 11 is 6.30. The number of aromatic nitrogens is 4. The molecule has 41 heavy (non-hydrogen) atoms. The van der Waals surface area contributed by atoms with E-state index in [1.165, 1.54) is 17.0 Å². The van der Waals surface area contributed by atoms with E-state index in [9.17, 15) is 32.4 Å². The van der Waals surface area contributed by atoms with E-state index in [0.717, 1.165) is 16.7 Å². The van der Waals surface area contributed by atoms with Gasteiger partial charge >= 0.3 is 0 Å². The summed E-state index contributed by atoms with van der Waals surface area (Å²) in [7, 11) is 0. The summed E-state index contributed by atoms with van der Waals surface area (Å²) in [5, 5.41) is 9.80. The van der Waals surface area contributed by atoms with Crippen molar-refractivity contribution >= 4 is 45.9 Å². The van der Waals surface area contributed by atoms with Crippen molar-refractivity contribution in [2.24, 2.45) is 5.92 Å². The van der Waals surface area contributed by atoms with Gasteiger partial charge in [-0.15, -0.1) is 0 Å². The van der Waals surface area contributed by atoms with Crippen LogP contribution in [0.25, 0.3) is 16.6 Å². The van der Waals surface area contributed by atoms with Crippen LogP contribution in [0.3, 0.4) is 0 Å². The highest BCUT2D eigenvalue weighted by molar-refractivity contribution is 6.35. The predicted octanol–water partition coefficient (Wildman–Crippen LogP) is 3.94. The van der Waals surface area contributed by atoms with Gasteiger partial charge in [0.15, 0.2) is 11.6 Å². The SMILES string of the molecule is N#Cc1c(N)nc(N)nc1N1C[C@H](CC(=O)C(F)F)C[C@H]1c1nc2cccc(Cl)c2c(=O)n1-c1cc(F)cc(F)c1. The molecule has 1 fully saturated rings. The Morgan fingerprint density at radius 1 is 1.15 bits per heavy atom. The molecule has 0 saturated carbocycles. The van der Waals surface area contributed by atoms with Gasteiger partial charge < -0.3 is 16.4 Å². The molecule has 4 aromatic rings. The topological polar surface area (TPSA) is 157 Å². The maximum absolute atomic E-state index is 14.4. The Labute approximate surface area is 233 Å². The van der Waals surface area contributed by atoms with Gasteiger partial charge in [-0.1, -0.05) is 17.7 Å². The summed E-state index contributed by atoms with van der Waals surface area (Å²) in [4.78, 5) is 39.9. The number of nitriles is 1. The smallest absolute Gasteiger partial charge is 0.295 e. The van der Waals surface area contributed by atoms with Crippen molar-refractivity contribution in [2.75, 3.05) is 22.9 Å². The molecular formula is C26H19ClF4N8O2. The van der Waals surface area contributed by atoms with Gasteiger partial charge in [0.2, 0.25) is 5.95 Å². The fraction of sp³-hybridized carbons (Fsp3) is 0.231. The van der Waals surface area contributed by atoms with Crippen LogP contribution in [0.1, 0.15) is 30.3 Å². The third-order valence-corrected chi connectivity index (χ3v) is 7.03. The van der Waals surface area contributed by atoms with Crippen LogP contribution in [0.5, 0.6) is 0 Å². The van der Waals surface area contributed by atoms with Crippen molar-refractivity contribution in [3.8, 4) is 11.8 Å². The molecule has 2 aromatic heterocycles. The van der Waals surface area contributed by atoms with Crippen molar-refractivity contribution in [2.45, 2.75) is 25.3 Å². The number of alkyl halides is 2. The van der Waals surface area contributed by atoms with Crippen LogP contribution < -0.4 is 21.9 Å². The molecule has 0 bridgehead atoms. The molecule has 3 heterocycles. The van der Waals surface area contributed by atoms with E-state index in [-0.39, 0.29) is 63.6 Å². The molecule has 1 aliphatic heterocycles. The first kappa shape index (κ1) is 27.8. The largest absolute Gasteiger partial charge is 0.382 e. The molecule has 0 spiro atoms. The molecule has 2 atom stereocenters. The number of benzene rings is 2. The zero-order valence-corrected chi connectivity index (χ0v) is 21.6. The summed E-state index contributed by atoms with van der Waals surface area (Å²) in [6.07, 6.45) is -3.79. The number of ketones is 1. The highest BCUT2D eigenvalue weighted by Gasteiger charge is 2.40. The minimum atomic E-state index is -3.21. The van der Waals surface area contributed by atoms with Crippen LogP contribution in [0.2, 0.25) is 5.02 Å². The fourth-order valence-electron chi connectivity index (χ4n) is 5.07. The first-order chi connectivity index (χ1) is 19.5. The summed E-state index contributed by atoms with van der Waals surface area (Å²) in [6.45, 7) is -0.103. The molecule has 2 aromatic carbocycles. The molecule has 10 nitrogen and oxygen atoms in total. The molecule has 0 aliphatic carbocycles. The number of carbonyl (C=O) groups excluding carboxylic acids is 1. The van der Waals surface area contributed by atoms with E-state index >= 15 is 0 Å². The Kier molecular flexibility index (Phi) is 7.22. The minimum absolute atomic E-state index is 0.0315. The number of nitrogens with two attached hydrogens (primary N) is 2. The van der Waals surface area contributed by atoms with Gasteiger partial charge in [-0.05, 0) is 36.6 Å². The van der Waals surface area contributed by atoms with Gasteiger partial charge in [-0.25, -0.2) is 22.5 Å². The average Bonchev–Trinajstić information content (AvgIpc) is 3.30. The first-order valence-corrected chi connectivity index (χ1v) is 12.4. The lowest BCUT2D eigenvalue weighted by Gasteiger charge is -2.28. The second kappa shape index (κ2) is 10.7. The van der Waals surface area contributed by atoms with E-state index in [2.05, 4.69) is 15.0 Å². The Morgan fingerprint density at radius 2 is 1.85 bits per heavy atom. The normalized spacial score (nSPS) is 16.9. The number of Topliss-reactive ketones (excluding diaryl/α,β-unsaturated/α-hetero) is 1. The van der Waals surface area contributed by atoms with E-state index in [0.29, 0.717) is 6.07 Å². The molecule has 0 unspecified atom stereocenters. The number of hydrogen-bond donors (Lipinski definition) is 2. The molecule has 0 amide bonds. The van der Waals surface area contributed by atoms with Crippen LogP contribution in [0, 0.1) is 28.9 Å². The average molecular weight is 587 g/mol. The molecule has 5 rings (SSSR count). The van der Waals surface area contributed by atoms with Gasteiger partial charge in [0.1, 0.15) is 34.9 Å². The second-order valence-electron chi connectivity index (χ2n) is 9.39. The second-order valence-corrected chi connectivity index (χ2v) is 9.80. The molecule has 0 radical (unpaired) electrons. The third kappa shape index (κ3) is 5.11. The number of hydrogen-bond acceptors (Lipinski definition) is 9. The molecular weight excluding hydrogens is 568 g/mol. The third-order valence-electron chi connectivity index (χ3n) is 6.72. The summed E-state index contributed by atoms with van der Waals surface area (Å²) < 4.78 is 56.0. The zero-order chi connectivity index (χ0) is 29.6. The Balaban J connectivity index is 1.80. The van der Waals surface area contributed by atoms with Crippen molar-refractivity contribution in [3.05, 3.63) is 74.8 Å². The van der Waals surface area contributed by atoms with E-state index < -0.39 is 47.8 Å². The summed E-state index contributed by atoms with van der Waals surface area (Å²) in [6, 6.07) is 7.79. The number of carbonyl (C=O) groups is 1. The Morgan fingerprint density at radius 3 is 2.51 bits per heavy atom. The molecule has 210 valence electrons. The lowest BCUT2D eigenvalue weighted by atomic mass is 9.98. The minimum Gasteiger partial charge on any atom is -0.382 e.